The lowest BCUT2D eigenvalue weighted by atomic mass is 9.55. The average molecular weight is 633 g/mol. The summed E-state index contributed by atoms with van der Waals surface area (Å²) in [5.41, 5.74) is 6.07. The summed E-state index contributed by atoms with van der Waals surface area (Å²) in [6, 6.07) is 26.2. The van der Waals surface area contributed by atoms with Gasteiger partial charge in [0.2, 0.25) is 17.7 Å². The molecule has 8 nitrogen and oxygen atoms in total. The van der Waals surface area contributed by atoms with Crippen LogP contribution in [0.2, 0.25) is 5.02 Å². The molecule has 2 bridgehead atoms. The number of aryl methyl sites for hydroxylation is 1. The van der Waals surface area contributed by atoms with E-state index in [-0.39, 0.29) is 48.3 Å². The summed E-state index contributed by atoms with van der Waals surface area (Å²) in [6.07, 6.45) is -0.0156. The molecular weight excluding hydrogens is 604 g/mol. The predicted molar refractivity (Wildman–Crippen MR) is 171 cm³/mol. The first-order chi connectivity index (χ1) is 22.3. The van der Waals surface area contributed by atoms with Crippen molar-refractivity contribution in [3.8, 4) is 11.5 Å². The van der Waals surface area contributed by atoms with E-state index in [0.29, 0.717) is 27.7 Å². The van der Waals surface area contributed by atoms with Gasteiger partial charge in [-0.1, -0.05) is 60.1 Å². The van der Waals surface area contributed by atoms with Crippen LogP contribution in [0.5, 0.6) is 11.5 Å². The molecule has 0 radical (unpaired) electrons. The number of amides is 3. The second-order valence-electron chi connectivity index (χ2n) is 12.4. The fraction of sp³-hybridized carbons (Fsp3) is 0.243. The molecule has 5 aliphatic rings. The summed E-state index contributed by atoms with van der Waals surface area (Å²) in [7, 11) is 1.50. The van der Waals surface area contributed by atoms with Crippen LogP contribution in [0.25, 0.3) is 0 Å². The van der Waals surface area contributed by atoms with Gasteiger partial charge in [-0.05, 0) is 71.1 Å². The van der Waals surface area contributed by atoms with Crippen LogP contribution in [-0.4, -0.2) is 37.3 Å². The highest BCUT2D eigenvalue weighted by Crippen LogP contribution is 2.61. The summed E-state index contributed by atoms with van der Waals surface area (Å²) in [5.74, 6) is -2.49. The van der Waals surface area contributed by atoms with Crippen LogP contribution in [0, 0.1) is 24.7 Å². The van der Waals surface area contributed by atoms with Gasteiger partial charge in [-0.15, -0.1) is 0 Å². The van der Waals surface area contributed by atoms with Crippen LogP contribution in [0.4, 0.5) is 11.4 Å². The van der Waals surface area contributed by atoms with E-state index >= 15 is 0 Å². The lowest BCUT2D eigenvalue weighted by Crippen LogP contribution is -2.41. The van der Waals surface area contributed by atoms with E-state index in [2.05, 4.69) is 24.3 Å². The lowest BCUT2D eigenvalue weighted by Gasteiger charge is -2.45. The van der Waals surface area contributed by atoms with Crippen molar-refractivity contribution in [2.24, 2.45) is 17.8 Å². The number of hydrogen-bond acceptors (Lipinski definition) is 6. The molecule has 2 heterocycles. The molecule has 230 valence electrons. The average Bonchev–Trinajstić information content (AvgIpc) is 3.58. The van der Waals surface area contributed by atoms with Crippen molar-refractivity contribution in [1.82, 2.24) is 0 Å². The third-order valence-corrected chi connectivity index (χ3v) is 10.2. The number of ether oxygens (including phenoxy) is 2. The Kier molecular flexibility index (Phi) is 6.55. The highest BCUT2D eigenvalue weighted by atomic mass is 35.5. The molecule has 3 aliphatic carbocycles. The molecule has 2 saturated heterocycles. The number of carbonyl (C=O) groups is 4. The van der Waals surface area contributed by atoms with Crippen LogP contribution in [0.1, 0.15) is 46.1 Å². The van der Waals surface area contributed by atoms with Crippen LogP contribution >= 0.6 is 11.6 Å². The monoisotopic (exact) mass is 632 g/mol. The molecule has 9 rings (SSSR count). The second-order valence-corrected chi connectivity index (χ2v) is 12.8. The molecule has 2 fully saturated rings. The van der Waals surface area contributed by atoms with Gasteiger partial charge in [-0.3, -0.25) is 19.2 Å². The molecular formula is C37H29ClN2O6. The van der Waals surface area contributed by atoms with Crippen molar-refractivity contribution in [2.45, 2.75) is 25.2 Å². The van der Waals surface area contributed by atoms with Gasteiger partial charge in [-0.2, -0.15) is 0 Å². The highest BCUT2D eigenvalue weighted by molar-refractivity contribution is 6.31. The molecule has 0 saturated carbocycles. The van der Waals surface area contributed by atoms with Gasteiger partial charge in [0.05, 0.1) is 36.2 Å². The van der Waals surface area contributed by atoms with Gasteiger partial charge in [0.1, 0.15) is 11.5 Å². The second kappa shape index (κ2) is 10.6. The van der Waals surface area contributed by atoms with Crippen LogP contribution < -0.4 is 19.3 Å². The number of methoxy groups -OCH3 is 1. The highest BCUT2D eigenvalue weighted by Gasteiger charge is 2.61. The topological polar surface area (TPSA) is 93.2 Å². The molecule has 3 atom stereocenters. The predicted octanol–water partition coefficient (Wildman–Crippen LogP) is 6.01. The van der Waals surface area contributed by atoms with E-state index in [1.54, 1.807) is 43.3 Å². The van der Waals surface area contributed by atoms with Gasteiger partial charge >= 0.3 is 5.97 Å². The Morgan fingerprint density at radius 3 is 1.91 bits per heavy atom. The maximum absolute atomic E-state index is 14.2. The van der Waals surface area contributed by atoms with Gasteiger partial charge in [-0.25, -0.2) is 4.90 Å². The third-order valence-electron chi connectivity index (χ3n) is 9.97. The Morgan fingerprint density at radius 2 is 1.37 bits per heavy atom. The largest absolute Gasteiger partial charge is 0.495 e. The van der Waals surface area contributed by atoms with E-state index < -0.39 is 23.7 Å². The minimum atomic E-state index is -0.695. The number of esters is 1. The number of carbonyl (C=O) groups excluding carboxylic acids is 4. The van der Waals surface area contributed by atoms with Gasteiger partial charge in [0.25, 0.3) is 0 Å². The number of hydrogen-bond donors (Lipinski definition) is 0. The van der Waals surface area contributed by atoms with Crippen molar-refractivity contribution in [2.75, 3.05) is 23.5 Å². The molecule has 9 heteroatoms. The summed E-state index contributed by atoms with van der Waals surface area (Å²) in [4.78, 5) is 57.2. The summed E-state index contributed by atoms with van der Waals surface area (Å²) < 4.78 is 11.1. The number of imide groups is 1. The Bertz CT molecular complexity index is 1870. The summed E-state index contributed by atoms with van der Waals surface area (Å²) in [5, 5.41) is 0.445. The number of rotatable bonds is 5. The van der Waals surface area contributed by atoms with Crippen molar-refractivity contribution in [3.63, 3.8) is 0 Å². The maximum Gasteiger partial charge on any atom is 0.316 e. The normalized spacial score (nSPS) is 24.2. The van der Waals surface area contributed by atoms with E-state index in [4.69, 9.17) is 21.1 Å². The quantitative estimate of drug-likeness (QED) is 0.152. The fourth-order valence-electron chi connectivity index (χ4n) is 8.03. The molecule has 46 heavy (non-hydrogen) atoms. The molecule has 0 N–H and O–H groups in total. The number of anilines is 2. The van der Waals surface area contributed by atoms with Crippen molar-refractivity contribution in [3.05, 3.63) is 118 Å². The first-order valence-corrected chi connectivity index (χ1v) is 15.7. The Balaban J connectivity index is 1.04. The summed E-state index contributed by atoms with van der Waals surface area (Å²) in [6.45, 7) is 1.91. The van der Waals surface area contributed by atoms with Crippen LogP contribution in [-0.2, 0) is 19.2 Å². The smallest absolute Gasteiger partial charge is 0.316 e. The zero-order chi connectivity index (χ0) is 31.9. The molecule has 2 aliphatic heterocycles. The summed E-state index contributed by atoms with van der Waals surface area (Å²) >= 11 is 6.16. The number of benzene rings is 4. The first-order valence-electron chi connectivity index (χ1n) is 15.3. The molecule has 0 spiro atoms. The zero-order valence-corrected chi connectivity index (χ0v) is 25.9. The molecule has 4 aromatic carbocycles. The van der Waals surface area contributed by atoms with Crippen LogP contribution in [0.3, 0.4) is 0 Å². The Labute approximate surface area is 270 Å². The zero-order valence-electron chi connectivity index (χ0n) is 25.1. The maximum atomic E-state index is 14.2. The van der Waals surface area contributed by atoms with Gasteiger partial charge in [0.15, 0.2) is 0 Å². The van der Waals surface area contributed by atoms with Crippen molar-refractivity contribution < 1.29 is 28.7 Å². The van der Waals surface area contributed by atoms with E-state index in [1.165, 1.54) is 16.9 Å². The van der Waals surface area contributed by atoms with Gasteiger partial charge < -0.3 is 14.4 Å². The molecule has 0 aromatic heterocycles. The van der Waals surface area contributed by atoms with E-state index in [9.17, 15) is 19.2 Å². The SMILES string of the molecule is COc1ccc(Cl)cc1N1C[C@H](C(=O)Oc2ccc(N3C(=O)[C@@H]4C5c6ccccc6C(c6ccccc65)[C@H]4C3=O)c(C)c2)CC1=O. The van der Waals surface area contributed by atoms with Gasteiger partial charge in [0, 0.05) is 29.8 Å². The minimum absolute atomic E-state index is 0.0156. The van der Waals surface area contributed by atoms with E-state index in [1.807, 2.05) is 24.3 Å². The Hall–Kier alpha value is -4.95. The molecule has 4 aromatic rings. The van der Waals surface area contributed by atoms with Crippen LogP contribution in [0.15, 0.2) is 84.9 Å². The van der Waals surface area contributed by atoms with E-state index in [0.717, 1.165) is 22.3 Å². The third kappa shape index (κ3) is 4.13. The lowest BCUT2D eigenvalue weighted by molar-refractivity contribution is -0.139. The standard InChI is InChI=1S/C37H29ClN2O6/c1-19-15-22(46-37(44)20-16-30(41)39(18-20)28-17-21(38)11-14-29(28)45-2)12-13-27(19)40-35(42)33-31-23-7-3-4-8-24(23)32(34(33)36(40)43)26-10-6-5-9-25(26)31/h3-15,17,20,31-34H,16,18H2,1-2H3/t20-,31?,32?,33-,34-/m1/s1. The fourth-order valence-corrected chi connectivity index (χ4v) is 8.20. The van der Waals surface area contributed by atoms with Crippen molar-refractivity contribution in [1.29, 1.82) is 0 Å². The number of halogens is 1. The minimum Gasteiger partial charge on any atom is -0.495 e. The first kappa shape index (κ1) is 28.5. The Morgan fingerprint density at radius 1 is 0.783 bits per heavy atom. The molecule has 0 unspecified atom stereocenters. The number of nitrogens with zero attached hydrogens (tertiary/aromatic N) is 2. The van der Waals surface area contributed by atoms with Crippen molar-refractivity contribution >= 4 is 46.7 Å². The molecule has 3 amide bonds.